The van der Waals surface area contributed by atoms with Gasteiger partial charge in [-0.15, -0.1) is 0 Å². The van der Waals surface area contributed by atoms with Crippen molar-refractivity contribution in [1.82, 2.24) is 14.9 Å². The summed E-state index contributed by atoms with van der Waals surface area (Å²) in [5.74, 6) is 0.943. The molecule has 0 aliphatic carbocycles. The number of nitrogens with two attached hydrogens (primary N) is 1. The zero-order valence-electron chi connectivity index (χ0n) is 9.56. The SMILES string of the molecule is CC(=O)N1CCN(c2nc(N)ncc2Cl)CC1. The van der Waals surface area contributed by atoms with Crippen LogP contribution in [-0.4, -0.2) is 47.0 Å². The Kier molecular flexibility index (Phi) is 3.33. The lowest BCUT2D eigenvalue weighted by atomic mass is 10.3. The number of piperazine rings is 1. The van der Waals surface area contributed by atoms with Crippen molar-refractivity contribution in [2.45, 2.75) is 6.92 Å². The van der Waals surface area contributed by atoms with Crippen molar-refractivity contribution in [2.24, 2.45) is 0 Å². The topological polar surface area (TPSA) is 75.4 Å². The third-order valence-corrected chi connectivity index (χ3v) is 3.04. The van der Waals surface area contributed by atoms with Crippen molar-refractivity contribution in [3.8, 4) is 0 Å². The van der Waals surface area contributed by atoms with Crippen molar-refractivity contribution >= 4 is 29.3 Å². The summed E-state index contributed by atoms with van der Waals surface area (Å²) in [6.07, 6.45) is 1.50. The van der Waals surface area contributed by atoms with E-state index in [0.29, 0.717) is 37.0 Å². The Labute approximate surface area is 104 Å². The van der Waals surface area contributed by atoms with Gasteiger partial charge in [-0.3, -0.25) is 4.79 Å². The number of hydrogen-bond donors (Lipinski definition) is 1. The number of anilines is 2. The number of carbonyl (C=O) groups excluding carboxylic acids is 1. The van der Waals surface area contributed by atoms with Gasteiger partial charge in [-0.25, -0.2) is 4.98 Å². The van der Waals surface area contributed by atoms with Crippen LogP contribution in [0.2, 0.25) is 5.02 Å². The Morgan fingerprint density at radius 1 is 1.41 bits per heavy atom. The molecule has 0 saturated carbocycles. The van der Waals surface area contributed by atoms with E-state index in [4.69, 9.17) is 17.3 Å². The number of nitrogen functional groups attached to an aromatic ring is 1. The molecule has 0 radical (unpaired) electrons. The van der Waals surface area contributed by atoms with Gasteiger partial charge >= 0.3 is 0 Å². The Balaban J connectivity index is 2.10. The van der Waals surface area contributed by atoms with Crippen LogP contribution in [0.25, 0.3) is 0 Å². The molecule has 1 aliphatic heterocycles. The number of aromatic nitrogens is 2. The van der Waals surface area contributed by atoms with Crippen LogP contribution in [0.3, 0.4) is 0 Å². The number of rotatable bonds is 1. The normalized spacial score (nSPS) is 16.1. The molecule has 1 aliphatic rings. The van der Waals surface area contributed by atoms with Crippen LogP contribution >= 0.6 is 11.6 Å². The van der Waals surface area contributed by atoms with Crippen LogP contribution < -0.4 is 10.6 Å². The zero-order chi connectivity index (χ0) is 12.4. The van der Waals surface area contributed by atoms with E-state index in [2.05, 4.69) is 9.97 Å². The van der Waals surface area contributed by atoms with E-state index in [0.717, 1.165) is 0 Å². The fourth-order valence-electron chi connectivity index (χ4n) is 1.83. The van der Waals surface area contributed by atoms with Crippen molar-refractivity contribution in [2.75, 3.05) is 36.8 Å². The molecule has 0 bridgehead atoms. The van der Waals surface area contributed by atoms with E-state index in [1.54, 1.807) is 11.8 Å². The Morgan fingerprint density at radius 3 is 2.65 bits per heavy atom. The molecule has 1 aromatic heterocycles. The zero-order valence-corrected chi connectivity index (χ0v) is 10.3. The van der Waals surface area contributed by atoms with Gasteiger partial charge in [0.2, 0.25) is 11.9 Å². The average Bonchev–Trinajstić information content (AvgIpc) is 2.32. The van der Waals surface area contributed by atoms with Gasteiger partial charge in [-0.1, -0.05) is 11.6 Å². The molecule has 2 heterocycles. The monoisotopic (exact) mass is 255 g/mol. The van der Waals surface area contributed by atoms with Crippen LogP contribution in [-0.2, 0) is 4.79 Å². The molecule has 0 spiro atoms. The molecule has 0 atom stereocenters. The molecule has 17 heavy (non-hydrogen) atoms. The second-order valence-corrected chi connectivity index (χ2v) is 4.30. The maximum absolute atomic E-state index is 11.2. The molecule has 1 amide bonds. The Morgan fingerprint density at radius 2 is 2.06 bits per heavy atom. The van der Waals surface area contributed by atoms with E-state index in [1.807, 2.05) is 4.90 Å². The third-order valence-electron chi connectivity index (χ3n) is 2.77. The first kappa shape index (κ1) is 11.9. The summed E-state index contributed by atoms with van der Waals surface area (Å²) in [5.41, 5.74) is 5.54. The van der Waals surface area contributed by atoms with Gasteiger partial charge < -0.3 is 15.5 Å². The van der Waals surface area contributed by atoms with Gasteiger partial charge in [0.1, 0.15) is 5.02 Å². The Bertz CT molecular complexity index is 431. The lowest BCUT2D eigenvalue weighted by molar-refractivity contribution is -0.129. The predicted molar refractivity (Wildman–Crippen MR) is 65.9 cm³/mol. The highest BCUT2D eigenvalue weighted by Gasteiger charge is 2.21. The summed E-state index contributed by atoms with van der Waals surface area (Å²) in [4.78, 5) is 23.0. The van der Waals surface area contributed by atoms with Gasteiger partial charge in [0.25, 0.3) is 0 Å². The summed E-state index contributed by atoms with van der Waals surface area (Å²) in [6, 6.07) is 0. The molecule has 1 saturated heterocycles. The maximum atomic E-state index is 11.2. The van der Waals surface area contributed by atoms with Gasteiger partial charge in [0.05, 0.1) is 6.20 Å². The minimum atomic E-state index is 0.0953. The lowest BCUT2D eigenvalue weighted by Crippen LogP contribution is -2.48. The van der Waals surface area contributed by atoms with Crippen LogP contribution in [0.4, 0.5) is 11.8 Å². The largest absolute Gasteiger partial charge is 0.368 e. The van der Waals surface area contributed by atoms with Crippen LogP contribution in [0, 0.1) is 0 Å². The van der Waals surface area contributed by atoms with Gasteiger partial charge in [0, 0.05) is 33.1 Å². The van der Waals surface area contributed by atoms with Crippen LogP contribution in [0.1, 0.15) is 6.92 Å². The molecule has 6 nitrogen and oxygen atoms in total. The van der Waals surface area contributed by atoms with E-state index >= 15 is 0 Å². The van der Waals surface area contributed by atoms with Crippen LogP contribution in [0.15, 0.2) is 6.20 Å². The van der Waals surface area contributed by atoms with Crippen molar-refractivity contribution in [3.05, 3.63) is 11.2 Å². The third kappa shape index (κ3) is 2.58. The predicted octanol–water partition coefficient (Wildman–Crippen LogP) is 0.381. The fourth-order valence-corrected chi connectivity index (χ4v) is 2.04. The van der Waals surface area contributed by atoms with Gasteiger partial charge in [0.15, 0.2) is 5.82 Å². The minimum absolute atomic E-state index is 0.0953. The molecule has 1 fully saturated rings. The average molecular weight is 256 g/mol. The smallest absolute Gasteiger partial charge is 0.222 e. The van der Waals surface area contributed by atoms with E-state index < -0.39 is 0 Å². The maximum Gasteiger partial charge on any atom is 0.222 e. The first-order chi connectivity index (χ1) is 8.08. The molecule has 7 heteroatoms. The fraction of sp³-hybridized carbons (Fsp3) is 0.500. The molecular formula is C10H14ClN5O. The van der Waals surface area contributed by atoms with Gasteiger partial charge in [-0.05, 0) is 0 Å². The first-order valence-corrected chi connectivity index (χ1v) is 5.74. The van der Waals surface area contributed by atoms with Crippen molar-refractivity contribution in [3.63, 3.8) is 0 Å². The minimum Gasteiger partial charge on any atom is -0.368 e. The molecule has 1 aromatic rings. The number of halogens is 1. The van der Waals surface area contributed by atoms with E-state index in [1.165, 1.54) is 6.20 Å². The molecule has 2 N–H and O–H groups in total. The highest BCUT2D eigenvalue weighted by Crippen LogP contribution is 2.23. The highest BCUT2D eigenvalue weighted by atomic mass is 35.5. The summed E-state index contributed by atoms with van der Waals surface area (Å²) in [6.45, 7) is 4.34. The molecule has 0 unspecified atom stereocenters. The summed E-state index contributed by atoms with van der Waals surface area (Å²) in [5, 5.41) is 0.482. The van der Waals surface area contributed by atoms with Crippen molar-refractivity contribution in [1.29, 1.82) is 0 Å². The molecule has 92 valence electrons. The Hall–Kier alpha value is -1.56. The number of hydrogen-bond acceptors (Lipinski definition) is 5. The standard InChI is InChI=1S/C10H14ClN5O/c1-7(17)15-2-4-16(5-3-15)9-8(11)6-13-10(12)14-9/h6H,2-5H2,1H3,(H2,12,13,14). The summed E-state index contributed by atoms with van der Waals surface area (Å²) >= 11 is 6.03. The number of amides is 1. The highest BCUT2D eigenvalue weighted by molar-refractivity contribution is 6.32. The molecular weight excluding hydrogens is 242 g/mol. The second kappa shape index (κ2) is 4.75. The molecule has 0 aromatic carbocycles. The molecule has 2 rings (SSSR count). The van der Waals surface area contributed by atoms with E-state index in [-0.39, 0.29) is 11.9 Å². The first-order valence-electron chi connectivity index (χ1n) is 5.36. The lowest BCUT2D eigenvalue weighted by Gasteiger charge is -2.35. The second-order valence-electron chi connectivity index (χ2n) is 3.89. The van der Waals surface area contributed by atoms with E-state index in [9.17, 15) is 4.79 Å². The summed E-state index contributed by atoms with van der Waals surface area (Å²) in [7, 11) is 0. The quantitative estimate of drug-likeness (QED) is 0.785. The van der Waals surface area contributed by atoms with Crippen molar-refractivity contribution < 1.29 is 4.79 Å². The number of nitrogens with zero attached hydrogens (tertiary/aromatic N) is 4. The van der Waals surface area contributed by atoms with Gasteiger partial charge in [-0.2, -0.15) is 4.98 Å². The summed E-state index contributed by atoms with van der Waals surface area (Å²) < 4.78 is 0. The van der Waals surface area contributed by atoms with Crippen LogP contribution in [0.5, 0.6) is 0 Å². The number of carbonyl (C=O) groups is 1.